The third-order valence-corrected chi connectivity index (χ3v) is 3.67. The monoisotopic (exact) mass is 324 g/mol. The van der Waals surface area contributed by atoms with Gasteiger partial charge in [-0.05, 0) is 55.8 Å². The molecule has 1 N–H and O–H groups in total. The first-order valence-electron chi connectivity index (χ1n) is 5.89. The summed E-state index contributed by atoms with van der Waals surface area (Å²) < 4.78 is 19.9. The van der Waals surface area contributed by atoms with E-state index in [1.54, 1.807) is 6.92 Å². The van der Waals surface area contributed by atoms with Crippen molar-refractivity contribution in [2.45, 2.75) is 20.0 Å². The van der Waals surface area contributed by atoms with Crippen LogP contribution in [0.1, 0.15) is 24.2 Å². The molecule has 2 nitrogen and oxygen atoms in total. The molecule has 0 saturated carbocycles. The summed E-state index contributed by atoms with van der Waals surface area (Å²) >= 11 is 3.42. The molecule has 0 heterocycles. The fraction of sp³-hybridized carbons (Fsp3) is 0.200. The summed E-state index contributed by atoms with van der Waals surface area (Å²) in [5.41, 5.74) is 1.47. The topological polar surface area (TPSA) is 29.5 Å². The predicted octanol–water partition coefficient (Wildman–Crippen LogP) is 4.74. The Morgan fingerprint density at radius 3 is 2.58 bits per heavy atom. The average molecular weight is 325 g/mol. The van der Waals surface area contributed by atoms with E-state index in [1.807, 2.05) is 25.1 Å². The third-order valence-electron chi connectivity index (χ3n) is 2.78. The molecule has 0 spiro atoms. The molecule has 0 aromatic heterocycles. The highest BCUT2D eigenvalue weighted by Crippen LogP contribution is 2.31. The van der Waals surface area contributed by atoms with Gasteiger partial charge in [-0.2, -0.15) is 0 Å². The maximum absolute atomic E-state index is 13.2. The van der Waals surface area contributed by atoms with Crippen molar-refractivity contribution in [3.8, 4) is 11.5 Å². The first-order valence-corrected chi connectivity index (χ1v) is 6.68. The molecule has 1 unspecified atom stereocenters. The van der Waals surface area contributed by atoms with E-state index in [9.17, 15) is 9.50 Å². The van der Waals surface area contributed by atoms with Gasteiger partial charge in [0, 0.05) is 10.0 Å². The molecule has 2 aromatic rings. The highest BCUT2D eigenvalue weighted by Gasteiger charge is 2.11. The minimum atomic E-state index is -0.790. The highest BCUT2D eigenvalue weighted by molar-refractivity contribution is 9.10. The number of rotatable bonds is 3. The molecule has 0 bridgehead atoms. The molecule has 2 aromatic carbocycles. The molecule has 1 atom stereocenters. The second kappa shape index (κ2) is 5.72. The molecule has 0 aliphatic rings. The number of ether oxygens (including phenoxy) is 1. The van der Waals surface area contributed by atoms with Gasteiger partial charge in [-0.1, -0.05) is 15.9 Å². The first-order chi connectivity index (χ1) is 8.97. The van der Waals surface area contributed by atoms with E-state index < -0.39 is 11.9 Å². The van der Waals surface area contributed by atoms with Crippen LogP contribution in [-0.4, -0.2) is 5.11 Å². The van der Waals surface area contributed by atoms with Gasteiger partial charge in [0.25, 0.3) is 0 Å². The van der Waals surface area contributed by atoms with Crippen molar-refractivity contribution >= 4 is 15.9 Å². The molecule has 100 valence electrons. The van der Waals surface area contributed by atoms with E-state index >= 15 is 0 Å². The van der Waals surface area contributed by atoms with Gasteiger partial charge in [0.15, 0.2) is 0 Å². The summed E-state index contributed by atoms with van der Waals surface area (Å²) in [5, 5.41) is 9.65. The van der Waals surface area contributed by atoms with Crippen LogP contribution >= 0.6 is 15.9 Å². The van der Waals surface area contributed by atoms with Crippen LogP contribution in [0.5, 0.6) is 11.5 Å². The largest absolute Gasteiger partial charge is 0.457 e. The van der Waals surface area contributed by atoms with Gasteiger partial charge in [0.05, 0.1) is 6.10 Å². The Morgan fingerprint density at radius 2 is 1.95 bits per heavy atom. The summed E-state index contributed by atoms with van der Waals surface area (Å²) in [6.45, 7) is 3.53. The van der Waals surface area contributed by atoms with Crippen LogP contribution in [-0.2, 0) is 0 Å². The fourth-order valence-electron chi connectivity index (χ4n) is 1.75. The molecule has 0 amide bonds. The van der Waals surface area contributed by atoms with Crippen LogP contribution in [0.3, 0.4) is 0 Å². The van der Waals surface area contributed by atoms with Crippen molar-refractivity contribution in [1.82, 2.24) is 0 Å². The molecule has 0 fully saturated rings. The highest BCUT2D eigenvalue weighted by atomic mass is 79.9. The molecule has 0 saturated heterocycles. The smallest absolute Gasteiger partial charge is 0.133 e. The third kappa shape index (κ3) is 3.33. The Hall–Kier alpha value is -1.39. The van der Waals surface area contributed by atoms with Crippen LogP contribution in [0.15, 0.2) is 40.9 Å². The second-order valence-corrected chi connectivity index (χ2v) is 5.23. The van der Waals surface area contributed by atoms with Crippen LogP contribution < -0.4 is 4.74 Å². The Balaban J connectivity index is 2.35. The zero-order valence-corrected chi connectivity index (χ0v) is 12.2. The zero-order valence-electron chi connectivity index (χ0n) is 10.7. The Kier molecular flexibility index (Phi) is 4.22. The normalized spacial score (nSPS) is 12.3. The van der Waals surface area contributed by atoms with E-state index in [1.165, 1.54) is 18.2 Å². The van der Waals surface area contributed by atoms with Crippen LogP contribution in [0.25, 0.3) is 0 Å². The van der Waals surface area contributed by atoms with Crippen molar-refractivity contribution < 1.29 is 14.2 Å². The SMILES string of the molecule is Cc1cc(Oc2ccc(F)cc2C(C)O)ccc1Br. The lowest BCUT2D eigenvalue weighted by molar-refractivity contribution is 0.195. The van der Waals surface area contributed by atoms with Gasteiger partial charge in [-0.25, -0.2) is 4.39 Å². The van der Waals surface area contributed by atoms with Crippen molar-refractivity contribution in [2.75, 3.05) is 0 Å². The summed E-state index contributed by atoms with van der Waals surface area (Å²) in [6.07, 6.45) is -0.790. The van der Waals surface area contributed by atoms with Crippen molar-refractivity contribution in [3.05, 3.63) is 57.8 Å². The van der Waals surface area contributed by atoms with E-state index in [0.29, 0.717) is 17.1 Å². The van der Waals surface area contributed by atoms with Gasteiger partial charge in [0.1, 0.15) is 17.3 Å². The fourth-order valence-corrected chi connectivity index (χ4v) is 1.99. The summed E-state index contributed by atoms with van der Waals surface area (Å²) in [7, 11) is 0. The summed E-state index contributed by atoms with van der Waals surface area (Å²) in [4.78, 5) is 0. The van der Waals surface area contributed by atoms with Crippen molar-refractivity contribution in [3.63, 3.8) is 0 Å². The molecule has 0 radical (unpaired) electrons. The van der Waals surface area contributed by atoms with Crippen molar-refractivity contribution in [2.24, 2.45) is 0 Å². The molecular formula is C15H14BrFO2. The predicted molar refractivity (Wildman–Crippen MR) is 76.0 cm³/mol. The second-order valence-electron chi connectivity index (χ2n) is 4.37. The molecular weight excluding hydrogens is 311 g/mol. The maximum Gasteiger partial charge on any atom is 0.133 e. The lowest BCUT2D eigenvalue weighted by atomic mass is 10.1. The number of halogens is 2. The number of hydrogen-bond donors (Lipinski definition) is 1. The van der Waals surface area contributed by atoms with Crippen LogP contribution in [0.4, 0.5) is 4.39 Å². The standard InChI is InChI=1S/C15H14BrFO2/c1-9-7-12(4-5-14(9)16)19-15-6-3-11(17)8-13(15)10(2)18/h3-8,10,18H,1-2H3. The van der Waals surface area contributed by atoms with Crippen LogP contribution in [0.2, 0.25) is 0 Å². The van der Waals surface area contributed by atoms with Gasteiger partial charge >= 0.3 is 0 Å². The molecule has 2 rings (SSSR count). The number of aryl methyl sites for hydroxylation is 1. The van der Waals surface area contributed by atoms with E-state index in [4.69, 9.17) is 4.74 Å². The number of aliphatic hydroxyl groups is 1. The van der Waals surface area contributed by atoms with Gasteiger partial charge in [0.2, 0.25) is 0 Å². The molecule has 0 aliphatic carbocycles. The lowest BCUT2D eigenvalue weighted by Gasteiger charge is -2.14. The quantitative estimate of drug-likeness (QED) is 0.883. The van der Waals surface area contributed by atoms with E-state index in [0.717, 1.165) is 10.0 Å². The summed E-state index contributed by atoms with van der Waals surface area (Å²) in [5.74, 6) is 0.711. The Labute approximate surface area is 120 Å². The van der Waals surface area contributed by atoms with Crippen LogP contribution in [0, 0.1) is 12.7 Å². The van der Waals surface area contributed by atoms with E-state index in [-0.39, 0.29) is 0 Å². The number of benzene rings is 2. The number of hydrogen-bond acceptors (Lipinski definition) is 2. The molecule has 0 aliphatic heterocycles. The first kappa shape index (κ1) is 14.0. The minimum absolute atomic E-state index is 0.393. The van der Waals surface area contributed by atoms with E-state index in [2.05, 4.69) is 15.9 Å². The van der Waals surface area contributed by atoms with Gasteiger partial charge in [-0.15, -0.1) is 0 Å². The Bertz CT molecular complexity index is 597. The molecule has 4 heteroatoms. The average Bonchev–Trinajstić information content (AvgIpc) is 2.36. The molecule has 19 heavy (non-hydrogen) atoms. The summed E-state index contributed by atoms with van der Waals surface area (Å²) in [6, 6.07) is 9.69. The zero-order chi connectivity index (χ0) is 14.0. The van der Waals surface area contributed by atoms with Gasteiger partial charge < -0.3 is 9.84 Å². The Morgan fingerprint density at radius 1 is 1.21 bits per heavy atom. The van der Waals surface area contributed by atoms with Gasteiger partial charge in [-0.3, -0.25) is 0 Å². The minimum Gasteiger partial charge on any atom is -0.457 e. The lowest BCUT2D eigenvalue weighted by Crippen LogP contribution is -1.97. The van der Waals surface area contributed by atoms with Crippen molar-refractivity contribution in [1.29, 1.82) is 0 Å². The maximum atomic E-state index is 13.2. The number of aliphatic hydroxyl groups excluding tert-OH is 1.